The molecule has 0 aliphatic rings. The Labute approximate surface area is 132 Å². The van der Waals surface area contributed by atoms with E-state index in [0.717, 1.165) is 20.7 Å². The van der Waals surface area contributed by atoms with Gasteiger partial charge in [0.05, 0.1) is 15.0 Å². The number of carbonyl (C=O) groups excluding carboxylic acids is 1. The number of rotatable bonds is 3. The minimum absolute atomic E-state index is 0.145. The highest BCUT2D eigenvalue weighted by Crippen LogP contribution is 2.23. The molecule has 0 atom stereocenters. The summed E-state index contributed by atoms with van der Waals surface area (Å²) in [6, 6.07) is 7.43. The zero-order valence-electron chi connectivity index (χ0n) is 10.9. The van der Waals surface area contributed by atoms with Crippen molar-refractivity contribution in [2.45, 2.75) is 6.92 Å². The van der Waals surface area contributed by atoms with Crippen LogP contribution in [-0.2, 0) is 0 Å². The Morgan fingerprint density at radius 3 is 2.90 bits per heavy atom. The van der Waals surface area contributed by atoms with Crippen LogP contribution in [0.15, 0.2) is 39.8 Å². The molecule has 3 rings (SSSR count). The second-order valence-electron chi connectivity index (χ2n) is 4.35. The number of halogens is 1. The molecule has 0 saturated heterocycles. The summed E-state index contributed by atoms with van der Waals surface area (Å²) < 4.78 is 2.46. The van der Waals surface area contributed by atoms with E-state index in [2.05, 4.69) is 36.8 Å². The summed E-state index contributed by atoms with van der Waals surface area (Å²) in [5, 5.41) is 15.8. The highest BCUT2D eigenvalue weighted by molar-refractivity contribution is 9.11. The lowest BCUT2D eigenvalue weighted by Crippen LogP contribution is -2.12. The van der Waals surface area contributed by atoms with Crippen LogP contribution in [0, 0.1) is 6.92 Å². The number of anilines is 1. The first-order valence-corrected chi connectivity index (χ1v) is 7.70. The van der Waals surface area contributed by atoms with Gasteiger partial charge in [0.15, 0.2) is 0 Å². The quantitative estimate of drug-likeness (QED) is 0.775. The van der Waals surface area contributed by atoms with Gasteiger partial charge in [0.25, 0.3) is 5.91 Å². The number of tetrazole rings is 1. The van der Waals surface area contributed by atoms with E-state index in [9.17, 15) is 4.79 Å². The number of amides is 1. The van der Waals surface area contributed by atoms with Crippen molar-refractivity contribution in [3.63, 3.8) is 0 Å². The third-order valence-corrected chi connectivity index (χ3v) is 4.42. The van der Waals surface area contributed by atoms with Gasteiger partial charge in [-0.3, -0.25) is 4.79 Å². The van der Waals surface area contributed by atoms with Crippen molar-refractivity contribution in [3.05, 3.63) is 50.9 Å². The molecule has 0 aliphatic carbocycles. The Hall–Kier alpha value is -2.06. The van der Waals surface area contributed by atoms with Gasteiger partial charge in [0.1, 0.15) is 6.33 Å². The van der Waals surface area contributed by atoms with E-state index in [1.807, 2.05) is 25.1 Å². The van der Waals surface area contributed by atoms with E-state index in [0.29, 0.717) is 5.56 Å². The molecule has 2 heterocycles. The van der Waals surface area contributed by atoms with Crippen LogP contribution in [0.5, 0.6) is 0 Å². The number of aryl methyl sites for hydroxylation is 1. The highest BCUT2D eigenvalue weighted by Gasteiger charge is 2.11. The molecule has 106 valence electrons. The standard InChI is InChI=1S/C13H10BrN5OS/c1-8-2-3-10(19-7-15-17-18-19)5-11(8)16-13(20)9-4-12(14)21-6-9/h2-7H,1H3,(H,16,20). The number of nitrogens with one attached hydrogen (secondary N) is 1. The average molecular weight is 364 g/mol. The van der Waals surface area contributed by atoms with Gasteiger partial charge in [-0.1, -0.05) is 6.07 Å². The Morgan fingerprint density at radius 2 is 2.24 bits per heavy atom. The van der Waals surface area contributed by atoms with E-state index in [4.69, 9.17) is 0 Å². The lowest BCUT2D eigenvalue weighted by molar-refractivity contribution is 0.102. The maximum Gasteiger partial charge on any atom is 0.256 e. The van der Waals surface area contributed by atoms with Gasteiger partial charge in [-0.15, -0.1) is 16.4 Å². The van der Waals surface area contributed by atoms with Crippen LogP contribution in [0.3, 0.4) is 0 Å². The van der Waals surface area contributed by atoms with Crippen LogP contribution < -0.4 is 5.32 Å². The van der Waals surface area contributed by atoms with Gasteiger partial charge >= 0.3 is 0 Å². The maximum absolute atomic E-state index is 12.2. The van der Waals surface area contributed by atoms with E-state index >= 15 is 0 Å². The number of thiophene rings is 1. The first kappa shape index (κ1) is 13.9. The molecule has 0 saturated carbocycles. The van der Waals surface area contributed by atoms with Crippen molar-refractivity contribution in [1.82, 2.24) is 20.2 Å². The zero-order chi connectivity index (χ0) is 14.8. The van der Waals surface area contributed by atoms with Crippen molar-refractivity contribution < 1.29 is 4.79 Å². The van der Waals surface area contributed by atoms with Crippen LogP contribution >= 0.6 is 27.3 Å². The Balaban J connectivity index is 1.88. The third-order valence-electron chi connectivity index (χ3n) is 2.91. The summed E-state index contributed by atoms with van der Waals surface area (Å²) in [4.78, 5) is 12.2. The molecule has 3 aromatic rings. The minimum atomic E-state index is -0.145. The molecular formula is C13H10BrN5OS. The molecule has 2 aromatic heterocycles. The third kappa shape index (κ3) is 3.01. The fourth-order valence-electron chi connectivity index (χ4n) is 1.79. The molecule has 1 amide bonds. The van der Waals surface area contributed by atoms with Gasteiger partial charge < -0.3 is 5.32 Å². The van der Waals surface area contributed by atoms with E-state index in [1.165, 1.54) is 22.3 Å². The van der Waals surface area contributed by atoms with E-state index < -0.39 is 0 Å². The minimum Gasteiger partial charge on any atom is -0.322 e. The molecule has 0 aliphatic heterocycles. The zero-order valence-corrected chi connectivity index (χ0v) is 13.3. The summed E-state index contributed by atoms with van der Waals surface area (Å²) in [6.07, 6.45) is 1.51. The second-order valence-corrected chi connectivity index (χ2v) is 6.64. The van der Waals surface area contributed by atoms with Crippen molar-refractivity contribution in [3.8, 4) is 5.69 Å². The van der Waals surface area contributed by atoms with Crippen LogP contribution in [0.4, 0.5) is 5.69 Å². The number of hydrogen-bond acceptors (Lipinski definition) is 5. The van der Waals surface area contributed by atoms with E-state index in [-0.39, 0.29) is 5.91 Å². The summed E-state index contributed by atoms with van der Waals surface area (Å²) in [5.41, 5.74) is 3.11. The van der Waals surface area contributed by atoms with Gasteiger partial charge in [0.2, 0.25) is 0 Å². The molecule has 1 N–H and O–H groups in total. The van der Waals surface area contributed by atoms with Crippen LogP contribution in [0.1, 0.15) is 15.9 Å². The Morgan fingerprint density at radius 1 is 1.38 bits per heavy atom. The molecule has 21 heavy (non-hydrogen) atoms. The molecule has 8 heteroatoms. The normalized spacial score (nSPS) is 10.6. The molecule has 6 nitrogen and oxygen atoms in total. The molecule has 0 unspecified atom stereocenters. The molecular weight excluding hydrogens is 354 g/mol. The number of nitrogens with zero attached hydrogens (tertiary/aromatic N) is 4. The summed E-state index contributed by atoms with van der Waals surface area (Å²) in [6.45, 7) is 1.93. The van der Waals surface area contributed by atoms with E-state index in [1.54, 1.807) is 11.4 Å². The van der Waals surface area contributed by atoms with Crippen molar-refractivity contribution >= 4 is 38.9 Å². The van der Waals surface area contributed by atoms with Gasteiger partial charge in [-0.2, -0.15) is 0 Å². The molecule has 0 radical (unpaired) electrons. The topological polar surface area (TPSA) is 72.7 Å². The number of benzene rings is 1. The fraction of sp³-hybridized carbons (Fsp3) is 0.0769. The first-order valence-electron chi connectivity index (χ1n) is 6.03. The lowest BCUT2D eigenvalue weighted by Gasteiger charge is -2.09. The Kier molecular flexibility index (Phi) is 3.80. The summed E-state index contributed by atoms with van der Waals surface area (Å²) in [7, 11) is 0. The highest BCUT2D eigenvalue weighted by atomic mass is 79.9. The van der Waals surface area contributed by atoms with Gasteiger partial charge in [0, 0.05) is 11.1 Å². The van der Waals surface area contributed by atoms with Gasteiger partial charge in [-0.25, -0.2) is 4.68 Å². The number of carbonyl (C=O) groups is 1. The molecule has 0 spiro atoms. The van der Waals surface area contributed by atoms with Crippen LogP contribution in [0.2, 0.25) is 0 Å². The molecule has 1 aromatic carbocycles. The van der Waals surface area contributed by atoms with Crippen LogP contribution in [-0.4, -0.2) is 26.1 Å². The second kappa shape index (κ2) is 5.74. The summed E-state index contributed by atoms with van der Waals surface area (Å²) >= 11 is 4.82. The average Bonchev–Trinajstić information content (AvgIpc) is 3.12. The van der Waals surface area contributed by atoms with Crippen molar-refractivity contribution in [2.24, 2.45) is 0 Å². The monoisotopic (exact) mass is 363 g/mol. The number of hydrogen-bond donors (Lipinski definition) is 1. The largest absolute Gasteiger partial charge is 0.322 e. The van der Waals surface area contributed by atoms with Crippen molar-refractivity contribution in [2.75, 3.05) is 5.32 Å². The van der Waals surface area contributed by atoms with Gasteiger partial charge in [-0.05, 0) is 57.0 Å². The predicted octanol–water partition coefficient (Wildman–Crippen LogP) is 3.05. The first-order chi connectivity index (χ1) is 10.1. The van der Waals surface area contributed by atoms with Crippen LogP contribution in [0.25, 0.3) is 5.69 Å². The smallest absolute Gasteiger partial charge is 0.256 e. The fourth-order valence-corrected chi connectivity index (χ4v) is 2.93. The molecule has 0 fully saturated rings. The maximum atomic E-state index is 12.2. The molecule has 0 bridgehead atoms. The summed E-state index contributed by atoms with van der Waals surface area (Å²) in [5.74, 6) is -0.145. The lowest BCUT2D eigenvalue weighted by atomic mass is 10.1. The Bertz CT molecular complexity index is 784. The number of aromatic nitrogens is 4. The van der Waals surface area contributed by atoms with Crippen molar-refractivity contribution in [1.29, 1.82) is 0 Å². The SMILES string of the molecule is Cc1ccc(-n2cnnn2)cc1NC(=O)c1csc(Br)c1. The predicted molar refractivity (Wildman–Crippen MR) is 83.9 cm³/mol.